The zero-order chi connectivity index (χ0) is 8.48. The van der Waals surface area contributed by atoms with Crippen molar-refractivity contribution in [1.29, 1.82) is 0 Å². The van der Waals surface area contributed by atoms with Crippen molar-refractivity contribution >= 4 is 17.9 Å². The fourth-order valence-corrected chi connectivity index (χ4v) is 2.13. The molecule has 3 heteroatoms. The van der Waals surface area contributed by atoms with Gasteiger partial charge in [-0.25, -0.2) is 0 Å². The van der Waals surface area contributed by atoms with Crippen LogP contribution in [0.25, 0.3) is 0 Å². The van der Waals surface area contributed by atoms with Gasteiger partial charge in [0.25, 0.3) is 0 Å². The molecule has 2 nitrogen and oxygen atoms in total. The Kier molecular flexibility index (Phi) is 2.47. The summed E-state index contributed by atoms with van der Waals surface area (Å²) in [7, 11) is 0. The summed E-state index contributed by atoms with van der Waals surface area (Å²) in [5.41, 5.74) is 0.271. The van der Waals surface area contributed by atoms with Gasteiger partial charge in [-0.05, 0) is 23.8 Å². The molecule has 64 valence electrons. The van der Waals surface area contributed by atoms with E-state index in [1.165, 1.54) is 11.9 Å². The second-order valence-electron chi connectivity index (χ2n) is 4.24. The Bertz CT molecular complexity index is 162. The first-order valence-corrected chi connectivity index (χ1v) is 4.89. The maximum absolute atomic E-state index is 11.1. The average molecular weight is 173 g/mol. The predicted molar refractivity (Wildman–Crippen MR) is 48.2 cm³/mol. The summed E-state index contributed by atoms with van der Waals surface area (Å²) in [6.45, 7) is 6.51. The summed E-state index contributed by atoms with van der Waals surface area (Å²) in [4.78, 5) is 11.1. The molecule has 1 N–H and O–H groups in total. The highest BCUT2D eigenvalue weighted by Crippen LogP contribution is 2.29. The smallest absolute Gasteiger partial charge is 0.233 e. The topological polar surface area (TPSA) is 29.1 Å². The number of carbonyl (C=O) groups is 1. The molecule has 0 bridgehead atoms. The molecule has 1 amide bonds. The summed E-state index contributed by atoms with van der Waals surface area (Å²) in [5, 5.41) is 0. The lowest BCUT2D eigenvalue weighted by molar-refractivity contribution is -0.122. The van der Waals surface area contributed by atoms with Crippen LogP contribution in [-0.2, 0) is 4.79 Å². The van der Waals surface area contributed by atoms with Gasteiger partial charge in [0.05, 0.1) is 5.92 Å². The van der Waals surface area contributed by atoms with Crippen LogP contribution in [0.5, 0.6) is 0 Å². The lowest BCUT2D eigenvalue weighted by atomic mass is 9.85. The number of carbonyl (C=O) groups excluding carboxylic acids is 1. The van der Waals surface area contributed by atoms with Crippen molar-refractivity contribution in [2.45, 2.75) is 27.2 Å². The van der Waals surface area contributed by atoms with Crippen molar-refractivity contribution in [3.8, 4) is 0 Å². The minimum Gasteiger partial charge on any atom is -0.300 e. The lowest BCUT2D eigenvalue weighted by Crippen LogP contribution is -2.22. The highest BCUT2D eigenvalue weighted by molar-refractivity contribution is 7.98. The van der Waals surface area contributed by atoms with E-state index >= 15 is 0 Å². The van der Waals surface area contributed by atoms with E-state index in [9.17, 15) is 4.79 Å². The largest absolute Gasteiger partial charge is 0.300 e. The summed E-state index contributed by atoms with van der Waals surface area (Å²) >= 11 is 1.53. The third-order valence-electron chi connectivity index (χ3n) is 1.69. The highest BCUT2D eigenvalue weighted by Gasteiger charge is 2.29. The first-order chi connectivity index (χ1) is 4.99. The van der Waals surface area contributed by atoms with Gasteiger partial charge in [-0.15, -0.1) is 0 Å². The molecule has 1 saturated heterocycles. The molecule has 0 aromatic heterocycles. The Balaban J connectivity index is 2.43. The quantitative estimate of drug-likeness (QED) is 0.613. The van der Waals surface area contributed by atoms with Gasteiger partial charge in [0.15, 0.2) is 0 Å². The van der Waals surface area contributed by atoms with Crippen LogP contribution in [0.2, 0.25) is 0 Å². The normalized spacial score (nSPS) is 25.4. The van der Waals surface area contributed by atoms with Gasteiger partial charge in [-0.2, -0.15) is 0 Å². The Labute approximate surface area is 72.3 Å². The molecule has 0 aromatic rings. The minimum atomic E-state index is 0.213. The van der Waals surface area contributed by atoms with E-state index in [2.05, 4.69) is 25.5 Å². The van der Waals surface area contributed by atoms with Crippen molar-refractivity contribution in [2.75, 3.05) is 5.75 Å². The van der Waals surface area contributed by atoms with Gasteiger partial charge in [0.1, 0.15) is 0 Å². The molecule has 1 aliphatic rings. The van der Waals surface area contributed by atoms with Crippen molar-refractivity contribution in [2.24, 2.45) is 11.3 Å². The SMILES string of the molecule is CC(C)(C)CC1CSNC1=O. The number of nitrogens with one attached hydrogen (secondary N) is 1. The van der Waals surface area contributed by atoms with E-state index in [4.69, 9.17) is 0 Å². The fraction of sp³-hybridized carbons (Fsp3) is 0.875. The number of hydrogen-bond donors (Lipinski definition) is 1. The Morgan fingerprint density at radius 3 is 2.64 bits per heavy atom. The van der Waals surface area contributed by atoms with Crippen LogP contribution in [0.3, 0.4) is 0 Å². The molecule has 0 spiro atoms. The summed E-state index contributed by atoms with van der Waals surface area (Å²) < 4.78 is 2.77. The van der Waals surface area contributed by atoms with Crippen LogP contribution in [0, 0.1) is 11.3 Å². The molecule has 11 heavy (non-hydrogen) atoms. The van der Waals surface area contributed by atoms with Crippen LogP contribution >= 0.6 is 11.9 Å². The molecule has 0 aliphatic carbocycles. The minimum absolute atomic E-state index is 0.213. The Morgan fingerprint density at radius 2 is 2.27 bits per heavy atom. The number of amides is 1. The summed E-state index contributed by atoms with van der Waals surface area (Å²) in [6.07, 6.45) is 0.992. The second kappa shape index (κ2) is 3.05. The van der Waals surface area contributed by atoms with Crippen molar-refractivity contribution in [3.63, 3.8) is 0 Å². The maximum Gasteiger partial charge on any atom is 0.233 e. The van der Waals surface area contributed by atoms with Crippen LogP contribution in [0.15, 0.2) is 0 Å². The second-order valence-corrected chi connectivity index (χ2v) is 5.07. The van der Waals surface area contributed by atoms with Gasteiger partial charge < -0.3 is 0 Å². The fourth-order valence-electron chi connectivity index (χ4n) is 1.26. The van der Waals surface area contributed by atoms with E-state index in [0.717, 1.165) is 12.2 Å². The predicted octanol–water partition coefficient (Wildman–Crippen LogP) is 1.82. The highest BCUT2D eigenvalue weighted by atomic mass is 32.2. The van der Waals surface area contributed by atoms with E-state index in [1.807, 2.05) is 0 Å². The van der Waals surface area contributed by atoms with Gasteiger partial charge in [0.2, 0.25) is 5.91 Å². The van der Waals surface area contributed by atoms with Crippen molar-refractivity contribution in [1.82, 2.24) is 4.72 Å². The molecule has 1 heterocycles. The van der Waals surface area contributed by atoms with Crippen LogP contribution in [-0.4, -0.2) is 11.7 Å². The van der Waals surface area contributed by atoms with Gasteiger partial charge >= 0.3 is 0 Å². The first kappa shape index (κ1) is 8.91. The van der Waals surface area contributed by atoms with Gasteiger partial charge in [-0.3, -0.25) is 9.52 Å². The molecule has 1 rings (SSSR count). The molecule has 1 atom stereocenters. The molecule has 0 radical (unpaired) electrons. The lowest BCUT2D eigenvalue weighted by Gasteiger charge is -2.20. The van der Waals surface area contributed by atoms with Crippen LogP contribution in [0.1, 0.15) is 27.2 Å². The number of rotatable bonds is 1. The zero-order valence-electron chi connectivity index (χ0n) is 7.31. The Morgan fingerprint density at radius 1 is 1.64 bits per heavy atom. The molecule has 0 aromatic carbocycles. The molecular formula is C8H15NOS. The Hall–Kier alpha value is -0.180. The van der Waals surface area contributed by atoms with Crippen LogP contribution in [0.4, 0.5) is 0 Å². The number of hydrogen-bond acceptors (Lipinski definition) is 2. The van der Waals surface area contributed by atoms with Gasteiger partial charge in [0, 0.05) is 5.75 Å². The third kappa shape index (κ3) is 2.73. The van der Waals surface area contributed by atoms with E-state index in [0.29, 0.717) is 0 Å². The molecule has 0 saturated carbocycles. The average Bonchev–Trinajstić information content (AvgIpc) is 2.12. The summed E-state index contributed by atoms with van der Waals surface area (Å²) in [5.74, 6) is 1.39. The van der Waals surface area contributed by atoms with Crippen LogP contribution < -0.4 is 4.72 Å². The monoisotopic (exact) mass is 173 g/mol. The summed E-state index contributed by atoms with van der Waals surface area (Å²) in [6, 6.07) is 0. The van der Waals surface area contributed by atoms with Crippen molar-refractivity contribution in [3.05, 3.63) is 0 Å². The molecule has 1 unspecified atom stereocenters. The molecule has 1 aliphatic heterocycles. The molecule has 1 fully saturated rings. The molecular weight excluding hydrogens is 158 g/mol. The maximum atomic E-state index is 11.1. The van der Waals surface area contributed by atoms with E-state index < -0.39 is 0 Å². The van der Waals surface area contributed by atoms with Crippen molar-refractivity contribution < 1.29 is 4.79 Å². The third-order valence-corrected chi connectivity index (χ3v) is 2.60. The van der Waals surface area contributed by atoms with Gasteiger partial charge in [-0.1, -0.05) is 20.8 Å². The zero-order valence-corrected chi connectivity index (χ0v) is 8.12. The standard InChI is InChI=1S/C8H15NOS/c1-8(2,3)4-6-5-11-9-7(6)10/h6H,4-5H2,1-3H3,(H,9,10). The van der Waals surface area contributed by atoms with E-state index in [1.54, 1.807) is 0 Å². The first-order valence-electron chi connectivity index (χ1n) is 3.91. The van der Waals surface area contributed by atoms with E-state index in [-0.39, 0.29) is 17.2 Å².